The fourth-order valence-corrected chi connectivity index (χ4v) is 4.03. The van der Waals surface area contributed by atoms with E-state index in [0.29, 0.717) is 26.1 Å². The number of benzene rings is 1. The lowest BCUT2D eigenvalue weighted by Crippen LogP contribution is -2.45. The van der Waals surface area contributed by atoms with Crippen molar-refractivity contribution in [1.29, 1.82) is 0 Å². The third-order valence-corrected chi connectivity index (χ3v) is 5.52. The summed E-state index contributed by atoms with van der Waals surface area (Å²) in [6.45, 7) is 4.88. The Balaban J connectivity index is 1.40. The molecule has 1 amide bonds. The van der Waals surface area contributed by atoms with Crippen LogP contribution in [0.2, 0.25) is 0 Å². The summed E-state index contributed by atoms with van der Waals surface area (Å²) in [6, 6.07) is 7.94. The summed E-state index contributed by atoms with van der Waals surface area (Å²) in [5, 5.41) is 13.4. The molecule has 1 aromatic rings. The Morgan fingerprint density at radius 2 is 2.00 bits per heavy atom. The number of nitrogens with zero attached hydrogens (tertiary/aromatic N) is 2. The largest absolute Gasteiger partial charge is 0.496 e. The standard InChI is InChI=1S/C20H31N3O3/c1-26-19-8-4-3-7-16(19)13-21-20(25)9-12-22-14-17(18(24)15-22)23-10-5-2-6-11-23/h3-4,7-8,17-18,24H,2,5-6,9-15H2,1H3,(H,21,25)/t17-,18-/m0/s1. The molecule has 0 aromatic heterocycles. The van der Waals surface area contributed by atoms with E-state index in [1.165, 1.54) is 19.3 Å². The Kier molecular flexibility index (Phi) is 6.88. The fraction of sp³-hybridized carbons (Fsp3) is 0.650. The lowest BCUT2D eigenvalue weighted by molar-refractivity contribution is -0.121. The summed E-state index contributed by atoms with van der Waals surface area (Å²) in [7, 11) is 1.64. The van der Waals surface area contributed by atoms with Crippen molar-refractivity contribution in [2.24, 2.45) is 0 Å². The molecule has 2 saturated heterocycles. The average Bonchev–Trinajstić information content (AvgIpc) is 3.06. The molecule has 3 rings (SSSR count). The maximum Gasteiger partial charge on any atom is 0.221 e. The van der Waals surface area contributed by atoms with E-state index in [-0.39, 0.29) is 18.1 Å². The average molecular weight is 361 g/mol. The number of ether oxygens (including phenoxy) is 1. The summed E-state index contributed by atoms with van der Waals surface area (Å²) >= 11 is 0. The zero-order valence-corrected chi connectivity index (χ0v) is 15.7. The van der Waals surface area contributed by atoms with Gasteiger partial charge in [-0.15, -0.1) is 0 Å². The van der Waals surface area contributed by atoms with Gasteiger partial charge in [0.05, 0.1) is 13.2 Å². The molecule has 0 unspecified atom stereocenters. The van der Waals surface area contributed by atoms with Crippen molar-refractivity contribution in [3.8, 4) is 5.75 Å². The van der Waals surface area contributed by atoms with Crippen molar-refractivity contribution in [1.82, 2.24) is 15.1 Å². The van der Waals surface area contributed by atoms with Crippen molar-refractivity contribution >= 4 is 5.91 Å². The molecule has 0 aliphatic carbocycles. The van der Waals surface area contributed by atoms with E-state index >= 15 is 0 Å². The zero-order valence-electron chi connectivity index (χ0n) is 15.7. The summed E-state index contributed by atoms with van der Waals surface area (Å²) in [5.41, 5.74) is 0.977. The smallest absolute Gasteiger partial charge is 0.221 e. The van der Waals surface area contributed by atoms with Crippen molar-refractivity contribution in [2.75, 3.05) is 39.8 Å². The van der Waals surface area contributed by atoms with Crippen LogP contribution in [0, 0.1) is 0 Å². The summed E-state index contributed by atoms with van der Waals surface area (Å²) < 4.78 is 5.31. The van der Waals surface area contributed by atoms with Gasteiger partial charge in [-0.3, -0.25) is 14.6 Å². The minimum absolute atomic E-state index is 0.0341. The molecule has 0 radical (unpaired) electrons. The van der Waals surface area contributed by atoms with Gasteiger partial charge in [0.15, 0.2) is 0 Å². The van der Waals surface area contributed by atoms with Gasteiger partial charge in [0.1, 0.15) is 5.75 Å². The highest BCUT2D eigenvalue weighted by molar-refractivity contribution is 5.76. The zero-order chi connectivity index (χ0) is 18.4. The van der Waals surface area contributed by atoms with Crippen LogP contribution in [0.1, 0.15) is 31.2 Å². The van der Waals surface area contributed by atoms with Crippen LogP contribution in [0.3, 0.4) is 0 Å². The number of hydrogen-bond donors (Lipinski definition) is 2. The lowest BCUT2D eigenvalue weighted by Gasteiger charge is -2.33. The van der Waals surface area contributed by atoms with Gasteiger partial charge in [-0.25, -0.2) is 0 Å². The first kappa shape index (κ1) is 19.1. The molecule has 2 aliphatic rings. The number of piperidine rings is 1. The third kappa shape index (κ3) is 4.96. The molecule has 0 saturated carbocycles. The number of methoxy groups -OCH3 is 1. The maximum atomic E-state index is 12.2. The number of nitrogens with one attached hydrogen (secondary N) is 1. The number of rotatable bonds is 7. The third-order valence-electron chi connectivity index (χ3n) is 5.52. The molecule has 1 aromatic carbocycles. The number of β-amino-alcohol motifs (C(OH)–C–C–N with tert-alkyl or cyclic N) is 1. The van der Waals surface area contributed by atoms with Crippen LogP contribution in [-0.4, -0.2) is 72.8 Å². The van der Waals surface area contributed by atoms with Crippen molar-refractivity contribution < 1.29 is 14.6 Å². The van der Waals surface area contributed by atoms with Crippen LogP contribution in [0.5, 0.6) is 5.75 Å². The predicted octanol–water partition coefficient (Wildman–Crippen LogP) is 1.23. The predicted molar refractivity (Wildman–Crippen MR) is 101 cm³/mol. The summed E-state index contributed by atoms with van der Waals surface area (Å²) in [5.74, 6) is 0.826. The van der Waals surface area contributed by atoms with Crippen LogP contribution >= 0.6 is 0 Å². The second kappa shape index (κ2) is 9.35. The van der Waals surface area contributed by atoms with Gasteiger partial charge in [-0.2, -0.15) is 0 Å². The highest BCUT2D eigenvalue weighted by Gasteiger charge is 2.35. The number of hydrogen-bond acceptors (Lipinski definition) is 5. The Bertz CT molecular complexity index is 589. The number of aliphatic hydroxyl groups is 1. The van der Waals surface area contributed by atoms with E-state index in [1.807, 2.05) is 24.3 Å². The molecule has 2 aliphatic heterocycles. The van der Waals surface area contributed by atoms with Gasteiger partial charge in [0, 0.05) is 44.2 Å². The monoisotopic (exact) mass is 361 g/mol. The Morgan fingerprint density at radius 3 is 2.77 bits per heavy atom. The van der Waals surface area contributed by atoms with Gasteiger partial charge in [0.2, 0.25) is 5.91 Å². The number of aliphatic hydroxyl groups excluding tert-OH is 1. The Morgan fingerprint density at radius 1 is 1.23 bits per heavy atom. The molecule has 6 heteroatoms. The molecule has 0 bridgehead atoms. The topological polar surface area (TPSA) is 65.0 Å². The molecule has 0 spiro atoms. The van der Waals surface area contributed by atoms with E-state index < -0.39 is 0 Å². The van der Waals surface area contributed by atoms with E-state index in [1.54, 1.807) is 7.11 Å². The molecular weight excluding hydrogens is 330 g/mol. The summed E-state index contributed by atoms with van der Waals surface area (Å²) in [4.78, 5) is 16.8. The summed E-state index contributed by atoms with van der Waals surface area (Å²) in [6.07, 6.45) is 3.91. The first-order valence-electron chi connectivity index (χ1n) is 9.70. The van der Waals surface area contributed by atoms with E-state index in [9.17, 15) is 9.90 Å². The second-order valence-corrected chi connectivity index (χ2v) is 7.33. The fourth-order valence-electron chi connectivity index (χ4n) is 4.03. The van der Waals surface area contributed by atoms with Crippen LogP contribution in [0.15, 0.2) is 24.3 Å². The van der Waals surface area contributed by atoms with E-state index in [2.05, 4.69) is 15.1 Å². The van der Waals surface area contributed by atoms with Crippen LogP contribution < -0.4 is 10.1 Å². The first-order chi connectivity index (χ1) is 12.7. The Hall–Kier alpha value is -1.63. The minimum atomic E-state index is -0.301. The van der Waals surface area contributed by atoms with Crippen molar-refractivity contribution in [3.63, 3.8) is 0 Å². The number of carbonyl (C=O) groups is 1. The quantitative estimate of drug-likeness (QED) is 0.765. The van der Waals surface area contributed by atoms with Crippen LogP contribution in [0.4, 0.5) is 0 Å². The number of carbonyl (C=O) groups excluding carboxylic acids is 1. The van der Waals surface area contributed by atoms with Crippen LogP contribution in [-0.2, 0) is 11.3 Å². The van der Waals surface area contributed by atoms with Gasteiger partial charge >= 0.3 is 0 Å². The van der Waals surface area contributed by atoms with Gasteiger partial charge < -0.3 is 15.2 Å². The highest BCUT2D eigenvalue weighted by Crippen LogP contribution is 2.21. The van der Waals surface area contributed by atoms with E-state index in [4.69, 9.17) is 4.74 Å². The minimum Gasteiger partial charge on any atom is -0.496 e. The van der Waals surface area contributed by atoms with Gasteiger partial charge in [-0.1, -0.05) is 24.6 Å². The van der Waals surface area contributed by atoms with Gasteiger partial charge in [-0.05, 0) is 32.0 Å². The molecule has 6 nitrogen and oxygen atoms in total. The van der Waals surface area contributed by atoms with Crippen molar-refractivity contribution in [2.45, 2.75) is 44.4 Å². The van der Waals surface area contributed by atoms with E-state index in [0.717, 1.165) is 30.9 Å². The van der Waals surface area contributed by atoms with Gasteiger partial charge in [0.25, 0.3) is 0 Å². The van der Waals surface area contributed by atoms with Crippen molar-refractivity contribution in [3.05, 3.63) is 29.8 Å². The Labute approximate surface area is 156 Å². The maximum absolute atomic E-state index is 12.2. The second-order valence-electron chi connectivity index (χ2n) is 7.33. The number of amides is 1. The normalized spacial score (nSPS) is 24.5. The first-order valence-corrected chi connectivity index (χ1v) is 9.70. The molecular formula is C20H31N3O3. The SMILES string of the molecule is COc1ccccc1CNC(=O)CCN1C[C@H](O)[C@@H](N2CCCCC2)C1. The van der Waals surface area contributed by atoms with Crippen LogP contribution in [0.25, 0.3) is 0 Å². The lowest BCUT2D eigenvalue weighted by atomic mass is 10.1. The molecule has 2 heterocycles. The molecule has 2 N–H and O–H groups in total. The molecule has 2 fully saturated rings. The molecule has 144 valence electrons. The number of para-hydroxylation sites is 1. The molecule has 26 heavy (non-hydrogen) atoms. The number of likely N-dealkylation sites (tertiary alicyclic amines) is 2. The highest BCUT2D eigenvalue weighted by atomic mass is 16.5. The molecule has 2 atom stereocenters.